The van der Waals surface area contributed by atoms with Crippen LogP contribution >= 0.6 is 0 Å². The largest absolute Gasteiger partial charge is 0.465 e. The lowest BCUT2D eigenvalue weighted by atomic mass is 10.1. The Kier molecular flexibility index (Phi) is 11.4. The van der Waals surface area contributed by atoms with Crippen LogP contribution in [0.2, 0.25) is 0 Å². The second kappa shape index (κ2) is 11.9. The van der Waals surface area contributed by atoms with Gasteiger partial charge < -0.3 is 14.8 Å². The predicted molar refractivity (Wildman–Crippen MR) is 69.0 cm³/mol. The summed E-state index contributed by atoms with van der Waals surface area (Å²) >= 11 is 0. The number of nitrogens with one attached hydrogen (secondary N) is 1. The Labute approximate surface area is 105 Å². The van der Waals surface area contributed by atoms with Crippen molar-refractivity contribution in [1.29, 1.82) is 0 Å². The molecular formula is C13H27NO3. The predicted octanol–water partition coefficient (Wildman–Crippen LogP) is 1.98. The molecule has 0 saturated carbocycles. The summed E-state index contributed by atoms with van der Waals surface area (Å²) in [6.45, 7) is 9.36. The molecule has 4 nitrogen and oxygen atoms in total. The van der Waals surface area contributed by atoms with Crippen LogP contribution in [-0.2, 0) is 14.3 Å². The Morgan fingerprint density at radius 3 is 2.65 bits per heavy atom. The van der Waals surface area contributed by atoms with E-state index in [0.29, 0.717) is 25.7 Å². The van der Waals surface area contributed by atoms with Gasteiger partial charge in [0.05, 0.1) is 19.8 Å². The van der Waals surface area contributed by atoms with Gasteiger partial charge in [-0.05, 0) is 18.8 Å². The highest BCUT2D eigenvalue weighted by atomic mass is 16.5. The highest BCUT2D eigenvalue weighted by Gasteiger charge is 2.00. The van der Waals surface area contributed by atoms with Crippen LogP contribution in [0.15, 0.2) is 0 Å². The molecule has 17 heavy (non-hydrogen) atoms. The Morgan fingerprint density at radius 2 is 2.00 bits per heavy atom. The zero-order valence-electron chi connectivity index (χ0n) is 11.5. The average molecular weight is 245 g/mol. The summed E-state index contributed by atoms with van der Waals surface area (Å²) in [6.07, 6.45) is 3.06. The van der Waals surface area contributed by atoms with Crippen LogP contribution in [0.25, 0.3) is 0 Å². The molecule has 0 aromatic rings. The van der Waals surface area contributed by atoms with Gasteiger partial charge in [-0.25, -0.2) is 0 Å². The van der Waals surface area contributed by atoms with E-state index in [2.05, 4.69) is 26.1 Å². The van der Waals surface area contributed by atoms with Gasteiger partial charge in [0.2, 0.25) is 0 Å². The van der Waals surface area contributed by atoms with E-state index in [1.807, 2.05) is 0 Å². The van der Waals surface area contributed by atoms with E-state index < -0.39 is 0 Å². The van der Waals surface area contributed by atoms with Crippen molar-refractivity contribution in [2.24, 2.45) is 5.92 Å². The SMILES string of the molecule is CCCCOC(=O)CNCCOCCC(C)C. The molecule has 0 saturated heterocycles. The van der Waals surface area contributed by atoms with E-state index in [0.717, 1.165) is 25.9 Å². The Hall–Kier alpha value is -0.610. The molecule has 0 atom stereocenters. The number of carbonyl (C=O) groups is 1. The molecule has 0 spiro atoms. The van der Waals surface area contributed by atoms with Crippen LogP contribution in [0.1, 0.15) is 40.0 Å². The molecule has 0 aliphatic carbocycles. The molecule has 102 valence electrons. The number of carbonyl (C=O) groups excluding carboxylic acids is 1. The van der Waals surface area contributed by atoms with E-state index >= 15 is 0 Å². The lowest BCUT2D eigenvalue weighted by Crippen LogP contribution is -2.28. The normalized spacial score (nSPS) is 10.8. The molecule has 1 N–H and O–H groups in total. The maximum atomic E-state index is 11.2. The monoisotopic (exact) mass is 245 g/mol. The van der Waals surface area contributed by atoms with E-state index in [9.17, 15) is 4.79 Å². The second-order valence-corrected chi connectivity index (χ2v) is 4.55. The number of hydrogen-bond acceptors (Lipinski definition) is 4. The molecule has 0 heterocycles. The summed E-state index contributed by atoms with van der Waals surface area (Å²) in [5.41, 5.74) is 0. The van der Waals surface area contributed by atoms with Gasteiger partial charge in [0.15, 0.2) is 0 Å². The summed E-state index contributed by atoms with van der Waals surface area (Å²) in [4.78, 5) is 11.2. The van der Waals surface area contributed by atoms with Crippen molar-refractivity contribution in [3.8, 4) is 0 Å². The molecule has 0 rings (SSSR count). The minimum atomic E-state index is -0.180. The molecule has 0 aromatic carbocycles. The molecule has 0 aromatic heterocycles. The maximum Gasteiger partial charge on any atom is 0.319 e. The fourth-order valence-corrected chi connectivity index (χ4v) is 1.14. The van der Waals surface area contributed by atoms with Crippen molar-refractivity contribution in [2.45, 2.75) is 40.0 Å². The van der Waals surface area contributed by atoms with Gasteiger partial charge in [0, 0.05) is 13.2 Å². The number of unbranched alkanes of at least 4 members (excludes halogenated alkanes) is 1. The average Bonchev–Trinajstić information content (AvgIpc) is 2.28. The van der Waals surface area contributed by atoms with Crippen molar-refractivity contribution in [2.75, 3.05) is 32.9 Å². The first-order valence-corrected chi connectivity index (χ1v) is 6.60. The molecule has 0 aliphatic heterocycles. The van der Waals surface area contributed by atoms with Crippen LogP contribution in [0, 0.1) is 5.92 Å². The highest BCUT2D eigenvalue weighted by molar-refractivity contribution is 5.71. The van der Waals surface area contributed by atoms with Gasteiger partial charge >= 0.3 is 5.97 Å². The molecule has 0 amide bonds. The number of ether oxygens (including phenoxy) is 2. The first-order chi connectivity index (χ1) is 8.16. The lowest BCUT2D eigenvalue weighted by Gasteiger charge is -2.07. The van der Waals surface area contributed by atoms with Crippen LogP contribution < -0.4 is 5.32 Å². The van der Waals surface area contributed by atoms with Gasteiger partial charge in [-0.3, -0.25) is 4.79 Å². The first kappa shape index (κ1) is 16.4. The first-order valence-electron chi connectivity index (χ1n) is 6.60. The fourth-order valence-electron chi connectivity index (χ4n) is 1.14. The summed E-state index contributed by atoms with van der Waals surface area (Å²) in [7, 11) is 0. The summed E-state index contributed by atoms with van der Waals surface area (Å²) in [6, 6.07) is 0. The maximum absolute atomic E-state index is 11.2. The Morgan fingerprint density at radius 1 is 1.24 bits per heavy atom. The highest BCUT2D eigenvalue weighted by Crippen LogP contribution is 1.98. The minimum Gasteiger partial charge on any atom is -0.465 e. The number of rotatable bonds is 11. The van der Waals surface area contributed by atoms with Crippen LogP contribution in [0.5, 0.6) is 0 Å². The van der Waals surface area contributed by atoms with Crippen LogP contribution in [0.3, 0.4) is 0 Å². The van der Waals surface area contributed by atoms with Gasteiger partial charge in [-0.15, -0.1) is 0 Å². The van der Waals surface area contributed by atoms with E-state index in [1.165, 1.54) is 0 Å². The van der Waals surface area contributed by atoms with E-state index in [1.54, 1.807) is 0 Å². The molecule has 4 heteroatoms. The number of esters is 1. The topological polar surface area (TPSA) is 47.6 Å². The van der Waals surface area contributed by atoms with Gasteiger partial charge in [-0.1, -0.05) is 27.2 Å². The van der Waals surface area contributed by atoms with Gasteiger partial charge in [0.25, 0.3) is 0 Å². The molecule has 0 radical (unpaired) electrons. The Balaban J connectivity index is 3.14. The van der Waals surface area contributed by atoms with E-state index in [4.69, 9.17) is 9.47 Å². The van der Waals surface area contributed by atoms with Crippen molar-refractivity contribution in [3.05, 3.63) is 0 Å². The zero-order chi connectivity index (χ0) is 12.9. The van der Waals surface area contributed by atoms with Gasteiger partial charge in [-0.2, -0.15) is 0 Å². The second-order valence-electron chi connectivity index (χ2n) is 4.55. The standard InChI is InChI=1S/C13H27NO3/c1-4-5-8-17-13(15)11-14-7-10-16-9-6-12(2)3/h12,14H,4-11H2,1-3H3. The quantitative estimate of drug-likeness (QED) is 0.447. The van der Waals surface area contributed by atoms with Crippen molar-refractivity contribution in [1.82, 2.24) is 5.32 Å². The van der Waals surface area contributed by atoms with Gasteiger partial charge in [0.1, 0.15) is 0 Å². The lowest BCUT2D eigenvalue weighted by molar-refractivity contribution is -0.142. The van der Waals surface area contributed by atoms with E-state index in [-0.39, 0.29) is 12.5 Å². The third-order valence-corrected chi connectivity index (χ3v) is 2.29. The molecular weight excluding hydrogens is 218 g/mol. The van der Waals surface area contributed by atoms with Crippen molar-refractivity contribution in [3.63, 3.8) is 0 Å². The van der Waals surface area contributed by atoms with Crippen molar-refractivity contribution < 1.29 is 14.3 Å². The molecule has 0 unspecified atom stereocenters. The third kappa shape index (κ3) is 13.3. The molecule has 0 bridgehead atoms. The summed E-state index contributed by atoms with van der Waals surface area (Å²) < 4.78 is 10.4. The van der Waals surface area contributed by atoms with Crippen LogP contribution in [-0.4, -0.2) is 38.9 Å². The third-order valence-electron chi connectivity index (χ3n) is 2.29. The smallest absolute Gasteiger partial charge is 0.319 e. The molecule has 0 fully saturated rings. The zero-order valence-corrected chi connectivity index (χ0v) is 11.5. The summed E-state index contributed by atoms with van der Waals surface area (Å²) in [5, 5.41) is 3.00. The number of hydrogen-bond donors (Lipinski definition) is 1. The Bertz CT molecular complexity index is 184. The fraction of sp³-hybridized carbons (Fsp3) is 0.923. The minimum absolute atomic E-state index is 0.180. The van der Waals surface area contributed by atoms with Crippen molar-refractivity contribution >= 4 is 5.97 Å². The summed E-state index contributed by atoms with van der Waals surface area (Å²) in [5.74, 6) is 0.497. The van der Waals surface area contributed by atoms with Crippen LogP contribution in [0.4, 0.5) is 0 Å². The molecule has 0 aliphatic rings.